The second-order valence-corrected chi connectivity index (χ2v) is 10.2. The van der Waals surface area contributed by atoms with Crippen LogP contribution in [0, 0.1) is 0 Å². The maximum absolute atomic E-state index is 12.2. The fourth-order valence-corrected chi connectivity index (χ4v) is 4.33. The average molecular weight is 504 g/mol. The second-order valence-electron chi connectivity index (χ2n) is 10.2. The molecule has 9 nitrogen and oxygen atoms in total. The first-order valence-electron chi connectivity index (χ1n) is 12.6. The Morgan fingerprint density at radius 1 is 1.03 bits per heavy atom. The number of rotatable bonds is 7. The molecule has 2 aliphatic heterocycles. The molecule has 0 aliphatic carbocycles. The lowest BCUT2D eigenvalue weighted by atomic mass is 10.1. The van der Waals surface area contributed by atoms with Gasteiger partial charge in [0.15, 0.2) is 12.4 Å². The first-order valence-corrected chi connectivity index (χ1v) is 12.6. The second kappa shape index (κ2) is 10.7. The maximum atomic E-state index is 12.2. The largest absolute Gasteiger partial charge is 0.484 e. The van der Waals surface area contributed by atoms with Gasteiger partial charge in [0.1, 0.15) is 11.6 Å². The number of nitrogens with one attached hydrogen (secondary N) is 2. The van der Waals surface area contributed by atoms with Crippen LogP contribution >= 0.6 is 0 Å². The van der Waals surface area contributed by atoms with E-state index in [2.05, 4.69) is 39.8 Å². The van der Waals surface area contributed by atoms with Crippen molar-refractivity contribution in [3.05, 3.63) is 59.8 Å². The normalized spacial score (nSPS) is 15.3. The van der Waals surface area contributed by atoms with Crippen LogP contribution in [0.15, 0.2) is 48.5 Å². The molecule has 0 unspecified atom stereocenters. The topological polar surface area (TPSA) is 97.8 Å². The van der Waals surface area contributed by atoms with Crippen LogP contribution in [-0.2, 0) is 27.5 Å². The minimum atomic E-state index is -0.311. The van der Waals surface area contributed by atoms with Gasteiger partial charge in [0.2, 0.25) is 0 Å². The summed E-state index contributed by atoms with van der Waals surface area (Å²) in [4.78, 5) is 24.1. The molecule has 3 aromatic rings. The van der Waals surface area contributed by atoms with E-state index in [4.69, 9.17) is 24.2 Å². The number of hydrogen-bond acceptors (Lipinski definition) is 8. The van der Waals surface area contributed by atoms with Crippen molar-refractivity contribution in [3.8, 4) is 17.1 Å². The predicted molar refractivity (Wildman–Crippen MR) is 142 cm³/mol. The summed E-state index contributed by atoms with van der Waals surface area (Å²) < 4.78 is 16.9. The summed E-state index contributed by atoms with van der Waals surface area (Å²) in [5.41, 5.74) is 4.45. The molecule has 2 aliphatic rings. The van der Waals surface area contributed by atoms with E-state index in [1.54, 1.807) is 0 Å². The molecule has 1 aromatic heterocycles. The van der Waals surface area contributed by atoms with Gasteiger partial charge in [0, 0.05) is 41.1 Å². The molecule has 1 amide bonds. The van der Waals surface area contributed by atoms with Crippen molar-refractivity contribution in [2.24, 2.45) is 0 Å². The smallest absolute Gasteiger partial charge is 0.258 e. The fraction of sp³-hybridized carbons (Fsp3) is 0.393. The number of benzene rings is 2. The molecule has 0 spiro atoms. The van der Waals surface area contributed by atoms with Gasteiger partial charge in [-0.05, 0) is 57.2 Å². The van der Waals surface area contributed by atoms with Crippen molar-refractivity contribution in [3.63, 3.8) is 0 Å². The third-order valence-electron chi connectivity index (χ3n) is 6.06. The average Bonchev–Trinajstić information content (AvgIpc) is 3.37. The van der Waals surface area contributed by atoms with Crippen LogP contribution in [0.4, 0.5) is 17.2 Å². The quantitative estimate of drug-likeness (QED) is 0.499. The summed E-state index contributed by atoms with van der Waals surface area (Å²) in [6.07, 6.45) is 0. The van der Waals surface area contributed by atoms with Crippen molar-refractivity contribution < 1.29 is 19.0 Å². The minimum absolute atomic E-state index is 0.0626. The molecular formula is C28H33N5O4. The number of amides is 1. The highest BCUT2D eigenvalue weighted by molar-refractivity contribution is 5.78. The van der Waals surface area contributed by atoms with E-state index in [1.165, 1.54) is 5.69 Å². The number of morpholine rings is 1. The highest BCUT2D eigenvalue weighted by Gasteiger charge is 2.21. The zero-order valence-corrected chi connectivity index (χ0v) is 21.5. The number of anilines is 3. The Bertz CT molecular complexity index is 1250. The number of carbonyl (C=O) groups excluding carboxylic acids is 1. The summed E-state index contributed by atoms with van der Waals surface area (Å²) in [5, 5.41) is 6.36. The summed E-state index contributed by atoms with van der Waals surface area (Å²) in [5.74, 6) is 1.71. The number of nitrogens with zero attached hydrogens (tertiary/aromatic N) is 3. The zero-order valence-electron chi connectivity index (χ0n) is 21.5. The molecule has 0 radical (unpaired) electrons. The van der Waals surface area contributed by atoms with Crippen LogP contribution in [0.1, 0.15) is 32.0 Å². The first-order chi connectivity index (χ1) is 17.8. The first kappa shape index (κ1) is 25.0. The number of carbonyl (C=O) groups is 1. The van der Waals surface area contributed by atoms with E-state index < -0.39 is 0 Å². The van der Waals surface area contributed by atoms with E-state index in [1.807, 2.05) is 45.0 Å². The molecular weight excluding hydrogens is 470 g/mol. The summed E-state index contributed by atoms with van der Waals surface area (Å²) in [6, 6.07) is 15.8. The van der Waals surface area contributed by atoms with Crippen LogP contribution in [0.3, 0.4) is 0 Å². The Morgan fingerprint density at radius 2 is 1.81 bits per heavy atom. The van der Waals surface area contributed by atoms with Crippen molar-refractivity contribution in [1.29, 1.82) is 0 Å². The number of fused-ring (bicyclic) bond motifs is 1. The van der Waals surface area contributed by atoms with Gasteiger partial charge in [-0.3, -0.25) is 4.79 Å². The maximum Gasteiger partial charge on any atom is 0.258 e. The van der Waals surface area contributed by atoms with Crippen LogP contribution in [0.2, 0.25) is 0 Å². The fourth-order valence-electron chi connectivity index (χ4n) is 4.33. The van der Waals surface area contributed by atoms with Gasteiger partial charge in [-0.2, -0.15) is 0 Å². The number of hydrogen-bond donors (Lipinski definition) is 2. The third-order valence-corrected chi connectivity index (χ3v) is 6.06. The molecule has 2 N–H and O–H groups in total. The van der Waals surface area contributed by atoms with Gasteiger partial charge in [-0.15, -0.1) is 0 Å². The lowest BCUT2D eigenvalue weighted by molar-refractivity contribution is -0.124. The Labute approximate surface area is 217 Å². The monoisotopic (exact) mass is 503 g/mol. The van der Waals surface area contributed by atoms with E-state index in [9.17, 15) is 4.79 Å². The van der Waals surface area contributed by atoms with Crippen LogP contribution < -0.4 is 20.3 Å². The minimum Gasteiger partial charge on any atom is -0.484 e. The molecule has 194 valence electrons. The van der Waals surface area contributed by atoms with Crippen LogP contribution in [-0.4, -0.2) is 54.3 Å². The van der Waals surface area contributed by atoms with Crippen molar-refractivity contribution in [2.45, 2.75) is 39.5 Å². The molecule has 2 aromatic carbocycles. The molecule has 3 heterocycles. The van der Waals surface area contributed by atoms with E-state index in [0.717, 1.165) is 54.6 Å². The van der Waals surface area contributed by atoms with Gasteiger partial charge < -0.3 is 29.7 Å². The number of ether oxygens (including phenoxy) is 3. The molecule has 9 heteroatoms. The molecule has 37 heavy (non-hydrogen) atoms. The van der Waals surface area contributed by atoms with Gasteiger partial charge >= 0.3 is 0 Å². The third kappa shape index (κ3) is 6.36. The van der Waals surface area contributed by atoms with Gasteiger partial charge in [-0.25, -0.2) is 9.97 Å². The Kier molecular flexibility index (Phi) is 7.25. The zero-order chi connectivity index (χ0) is 25.8. The lowest BCUT2D eigenvalue weighted by Gasteiger charge is -2.29. The van der Waals surface area contributed by atoms with Gasteiger partial charge in [-0.1, -0.05) is 12.1 Å². The Balaban J connectivity index is 1.33. The van der Waals surface area contributed by atoms with E-state index >= 15 is 0 Å². The Hall–Kier alpha value is -3.69. The number of aromatic nitrogens is 2. The van der Waals surface area contributed by atoms with Gasteiger partial charge in [0.05, 0.1) is 32.1 Å². The van der Waals surface area contributed by atoms with Crippen LogP contribution in [0.5, 0.6) is 5.75 Å². The molecule has 0 atom stereocenters. The van der Waals surface area contributed by atoms with Gasteiger partial charge in [0.25, 0.3) is 5.91 Å². The van der Waals surface area contributed by atoms with E-state index in [0.29, 0.717) is 24.8 Å². The molecule has 5 rings (SSSR count). The summed E-state index contributed by atoms with van der Waals surface area (Å²) in [7, 11) is 0. The summed E-state index contributed by atoms with van der Waals surface area (Å²) >= 11 is 0. The molecule has 1 saturated heterocycles. The van der Waals surface area contributed by atoms with E-state index in [-0.39, 0.29) is 18.1 Å². The highest BCUT2D eigenvalue weighted by atomic mass is 16.5. The summed E-state index contributed by atoms with van der Waals surface area (Å²) in [6.45, 7) is 9.97. The molecule has 0 saturated carbocycles. The predicted octanol–water partition coefficient (Wildman–Crippen LogP) is 4.05. The Morgan fingerprint density at radius 3 is 2.57 bits per heavy atom. The lowest BCUT2D eigenvalue weighted by Crippen LogP contribution is -2.43. The molecule has 1 fully saturated rings. The highest BCUT2D eigenvalue weighted by Crippen LogP contribution is 2.31. The SMILES string of the molecule is CC(C)(C)NC(=O)COc1cccc(-c2nc3c(c(Nc4ccc(N5CCOCC5)cc4)n2)COC3)c1. The van der Waals surface area contributed by atoms with Crippen molar-refractivity contribution in [2.75, 3.05) is 43.1 Å². The molecule has 0 bridgehead atoms. The van der Waals surface area contributed by atoms with Crippen molar-refractivity contribution >= 4 is 23.1 Å². The van der Waals surface area contributed by atoms with Crippen LogP contribution in [0.25, 0.3) is 11.4 Å². The van der Waals surface area contributed by atoms with Crippen molar-refractivity contribution in [1.82, 2.24) is 15.3 Å². The standard InChI is InChI=1S/C28H33N5O4/c1-28(2,3)32-25(34)18-37-22-6-4-5-19(15-22)26-30-24-17-36-16-23(24)27(31-26)29-20-7-9-21(10-8-20)33-11-13-35-14-12-33/h4-10,15H,11-14,16-18H2,1-3H3,(H,32,34)(H,29,30,31).